The van der Waals surface area contributed by atoms with Crippen LogP contribution in [0.1, 0.15) is 11.1 Å². The maximum Gasteiger partial charge on any atom is 0 e. The fourth-order valence-corrected chi connectivity index (χ4v) is 0.730. The van der Waals surface area contributed by atoms with Crippen molar-refractivity contribution in [2.24, 2.45) is 0 Å². The zero-order chi connectivity index (χ0) is 6.69. The van der Waals surface area contributed by atoms with Crippen molar-refractivity contribution in [1.82, 2.24) is 0 Å². The summed E-state index contributed by atoms with van der Waals surface area (Å²) in [5.41, 5.74) is 9.02. The summed E-state index contributed by atoms with van der Waals surface area (Å²) in [7, 11) is 0. The molecule has 0 unspecified atom stereocenters. The first-order valence-electron chi connectivity index (χ1n) is 2.89. The van der Waals surface area contributed by atoms with E-state index >= 15 is 0 Å². The third-order valence-corrected chi connectivity index (χ3v) is 1.31. The van der Waals surface area contributed by atoms with E-state index < -0.39 is 0 Å². The first kappa shape index (κ1) is 10.2. The molecular weight excluding hydrogens is 199 g/mol. The normalized spacial score (nSPS) is 8.50. The Morgan fingerprint density at radius 3 is 2.30 bits per heavy atom. The van der Waals surface area contributed by atoms with Crippen LogP contribution in [0.15, 0.2) is 24.3 Å². The first-order valence-corrected chi connectivity index (χ1v) is 2.89. The summed E-state index contributed by atoms with van der Waals surface area (Å²) in [5.74, 6) is 0. The van der Waals surface area contributed by atoms with Crippen LogP contribution in [0.25, 0.3) is 5.73 Å². The average molecular weight is 208 g/mol. The number of hydrogen-bond donors (Lipinski definition) is 0. The van der Waals surface area contributed by atoms with E-state index in [9.17, 15) is 0 Å². The van der Waals surface area contributed by atoms with E-state index in [0.29, 0.717) is 6.54 Å². The molecule has 1 radical (unpaired) electrons. The Kier molecular flexibility index (Phi) is 4.97. The Morgan fingerprint density at radius 2 is 1.90 bits per heavy atom. The monoisotopic (exact) mass is 208 g/mol. The van der Waals surface area contributed by atoms with Gasteiger partial charge in [-0.3, -0.25) is 0 Å². The zero-order valence-corrected chi connectivity index (χ0v) is 8.64. The van der Waals surface area contributed by atoms with Crippen LogP contribution in [-0.2, 0) is 39.3 Å². The fraction of sp³-hybridized carbons (Fsp3) is 0.125. The van der Waals surface area contributed by atoms with Crippen LogP contribution < -0.4 is 0 Å². The Hall–Kier alpha value is 0.154. The van der Waals surface area contributed by atoms with Crippen LogP contribution in [0, 0.1) is 6.92 Å². The standard InChI is InChI=1S/C8H9N.Y/c1-7-4-2-3-5-8(7)6-9;/h2-5,9H,1,6H2;/q-2;. The van der Waals surface area contributed by atoms with Crippen LogP contribution in [0.3, 0.4) is 0 Å². The van der Waals surface area contributed by atoms with Crippen LogP contribution in [0.5, 0.6) is 0 Å². The molecule has 0 amide bonds. The van der Waals surface area contributed by atoms with Crippen molar-refractivity contribution in [2.45, 2.75) is 6.54 Å². The maximum absolute atomic E-state index is 7.04. The van der Waals surface area contributed by atoms with Crippen LogP contribution in [-0.4, -0.2) is 0 Å². The maximum atomic E-state index is 7.04. The molecule has 51 valence electrons. The summed E-state index contributed by atoms with van der Waals surface area (Å²) in [5, 5.41) is 0. The van der Waals surface area contributed by atoms with Crippen LogP contribution >= 0.6 is 0 Å². The van der Waals surface area contributed by atoms with Gasteiger partial charge < -0.3 is 5.73 Å². The predicted molar refractivity (Wildman–Crippen MR) is 38.9 cm³/mol. The molecule has 0 aliphatic carbocycles. The molecule has 0 fully saturated rings. The molecule has 0 saturated carbocycles. The molecule has 0 atom stereocenters. The van der Waals surface area contributed by atoms with Crippen LogP contribution in [0.2, 0.25) is 0 Å². The number of hydrogen-bond acceptors (Lipinski definition) is 0. The summed E-state index contributed by atoms with van der Waals surface area (Å²) in [4.78, 5) is 0. The molecule has 1 aromatic carbocycles. The Labute approximate surface area is 86.9 Å². The van der Waals surface area contributed by atoms with Crippen molar-refractivity contribution in [2.75, 3.05) is 0 Å². The molecule has 0 aliphatic heterocycles. The van der Waals surface area contributed by atoms with Crippen molar-refractivity contribution in [1.29, 1.82) is 0 Å². The van der Waals surface area contributed by atoms with E-state index in [1.54, 1.807) is 0 Å². The van der Waals surface area contributed by atoms with Crippen molar-refractivity contribution in [3.05, 3.63) is 48.0 Å². The van der Waals surface area contributed by atoms with Crippen LogP contribution in [0.4, 0.5) is 0 Å². The van der Waals surface area contributed by atoms with Gasteiger partial charge in [-0.15, -0.1) is 12.1 Å². The van der Waals surface area contributed by atoms with Gasteiger partial charge in [0.1, 0.15) is 0 Å². The number of nitrogens with one attached hydrogen (secondary N) is 1. The van der Waals surface area contributed by atoms with Crippen molar-refractivity contribution in [3.63, 3.8) is 0 Å². The molecule has 0 saturated heterocycles. The van der Waals surface area contributed by atoms with Gasteiger partial charge in [0.05, 0.1) is 0 Å². The largest absolute Gasteiger partial charge is 0.684 e. The first-order chi connectivity index (χ1) is 4.34. The van der Waals surface area contributed by atoms with E-state index in [2.05, 4.69) is 6.92 Å². The fourth-order valence-electron chi connectivity index (χ4n) is 0.730. The van der Waals surface area contributed by atoms with Gasteiger partial charge in [0.25, 0.3) is 0 Å². The second-order valence-electron chi connectivity index (χ2n) is 1.95. The zero-order valence-electron chi connectivity index (χ0n) is 5.80. The van der Waals surface area contributed by atoms with Crippen molar-refractivity contribution < 1.29 is 32.7 Å². The molecule has 0 bridgehead atoms. The van der Waals surface area contributed by atoms with Gasteiger partial charge in [0, 0.05) is 32.7 Å². The van der Waals surface area contributed by atoms with E-state index in [-0.39, 0.29) is 32.7 Å². The smallest absolute Gasteiger partial charge is 0 e. The Bertz CT molecular complexity index is 198. The number of benzene rings is 1. The summed E-state index contributed by atoms with van der Waals surface area (Å²) in [6, 6.07) is 7.71. The number of rotatable bonds is 1. The summed E-state index contributed by atoms with van der Waals surface area (Å²) < 4.78 is 0. The summed E-state index contributed by atoms with van der Waals surface area (Å²) in [6.45, 7) is 4.10. The molecule has 0 spiro atoms. The molecule has 1 rings (SSSR count). The minimum Gasteiger partial charge on any atom is -0.684 e. The molecule has 0 aromatic heterocycles. The van der Waals surface area contributed by atoms with Crippen molar-refractivity contribution in [3.8, 4) is 0 Å². The second kappa shape index (κ2) is 4.89. The molecule has 0 heterocycles. The average Bonchev–Trinajstić information content (AvgIpc) is 1.89. The summed E-state index contributed by atoms with van der Waals surface area (Å²) >= 11 is 0. The Balaban J connectivity index is 0.000000810. The van der Waals surface area contributed by atoms with Gasteiger partial charge in [-0.1, -0.05) is 6.07 Å². The van der Waals surface area contributed by atoms with Gasteiger partial charge in [-0.25, -0.2) is 0 Å². The molecular formula is C8H9NY-2. The van der Waals surface area contributed by atoms with E-state index in [1.165, 1.54) is 0 Å². The minimum absolute atomic E-state index is 0. The topological polar surface area (TPSA) is 23.8 Å². The van der Waals surface area contributed by atoms with Gasteiger partial charge in [-0.2, -0.15) is 30.7 Å². The van der Waals surface area contributed by atoms with Gasteiger partial charge in [0.2, 0.25) is 0 Å². The Morgan fingerprint density at radius 1 is 1.30 bits per heavy atom. The van der Waals surface area contributed by atoms with Gasteiger partial charge in [-0.05, 0) is 0 Å². The third kappa shape index (κ3) is 2.41. The quantitative estimate of drug-likeness (QED) is 0.633. The summed E-state index contributed by atoms with van der Waals surface area (Å²) in [6.07, 6.45) is 0. The predicted octanol–water partition coefficient (Wildman–Crippen LogP) is 2.42. The van der Waals surface area contributed by atoms with E-state index in [1.807, 2.05) is 24.3 Å². The molecule has 1 N–H and O–H groups in total. The molecule has 1 nitrogen and oxygen atoms in total. The second-order valence-corrected chi connectivity index (χ2v) is 1.95. The molecule has 1 aromatic rings. The minimum atomic E-state index is 0. The SMILES string of the molecule is [CH2-]c1ccccc1C[NH-].[Y]. The van der Waals surface area contributed by atoms with E-state index in [0.717, 1.165) is 11.1 Å². The van der Waals surface area contributed by atoms with Gasteiger partial charge in [0.15, 0.2) is 0 Å². The van der Waals surface area contributed by atoms with Gasteiger partial charge >= 0.3 is 0 Å². The molecule has 10 heavy (non-hydrogen) atoms. The van der Waals surface area contributed by atoms with E-state index in [4.69, 9.17) is 5.73 Å². The molecule has 0 aliphatic rings. The third-order valence-electron chi connectivity index (χ3n) is 1.31. The van der Waals surface area contributed by atoms with Crippen molar-refractivity contribution >= 4 is 0 Å². The molecule has 2 heteroatoms.